The van der Waals surface area contributed by atoms with E-state index in [1.807, 2.05) is 0 Å². The van der Waals surface area contributed by atoms with Gasteiger partial charge in [-0.1, -0.05) is 6.42 Å². The Balaban J connectivity index is 1.77. The maximum atomic E-state index is 12.6. The number of pyridine rings is 1. The molecule has 2 aromatic rings. The van der Waals surface area contributed by atoms with Crippen LogP contribution in [0.3, 0.4) is 0 Å². The minimum Gasteiger partial charge on any atom is -0.462 e. The van der Waals surface area contributed by atoms with Gasteiger partial charge in [-0.2, -0.15) is 0 Å². The number of rotatable bonds is 6. The van der Waals surface area contributed by atoms with Gasteiger partial charge in [0.2, 0.25) is 0 Å². The number of amides is 1. The molecule has 1 aliphatic rings. The summed E-state index contributed by atoms with van der Waals surface area (Å²) in [5, 5.41) is 3.24. The van der Waals surface area contributed by atoms with E-state index in [1.165, 1.54) is 42.8 Å². The number of aryl methyl sites for hydroxylation is 1. The van der Waals surface area contributed by atoms with Crippen LogP contribution in [0.1, 0.15) is 64.3 Å². The summed E-state index contributed by atoms with van der Waals surface area (Å²) in [6, 6.07) is 3.03. The predicted octanol–water partition coefficient (Wildman–Crippen LogP) is 3.77. The third kappa shape index (κ3) is 5.00. The number of aromatic nitrogens is 1. The lowest BCUT2D eigenvalue weighted by atomic mass is 10.1. The molecule has 154 valence electrons. The van der Waals surface area contributed by atoms with Crippen LogP contribution in [0.4, 0.5) is 5.00 Å². The van der Waals surface area contributed by atoms with Gasteiger partial charge in [0.15, 0.2) is 6.10 Å². The highest BCUT2D eigenvalue weighted by atomic mass is 32.1. The normalized spacial score (nSPS) is 14.3. The number of carbonyl (C=O) groups excluding carboxylic acids is 3. The van der Waals surface area contributed by atoms with E-state index in [9.17, 15) is 14.4 Å². The van der Waals surface area contributed by atoms with E-state index in [4.69, 9.17) is 9.47 Å². The Bertz CT molecular complexity index is 894. The third-order valence-corrected chi connectivity index (χ3v) is 5.91. The number of nitrogens with one attached hydrogen (secondary N) is 1. The van der Waals surface area contributed by atoms with E-state index in [2.05, 4.69) is 10.3 Å². The Morgan fingerprint density at radius 3 is 2.59 bits per heavy atom. The highest BCUT2D eigenvalue weighted by Gasteiger charge is 2.28. The maximum Gasteiger partial charge on any atom is 0.341 e. The van der Waals surface area contributed by atoms with E-state index in [1.54, 1.807) is 6.92 Å². The zero-order valence-corrected chi connectivity index (χ0v) is 17.3. The predicted molar refractivity (Wildman–Crippen MR) is 109 cm³/mol. The van der Waals surface area contributed by atoms with E-state index >= 15 is 0 Å². The summed E-state index contributed by atoms with van der Waals surface area (Å²) < 4.78 is 10.5. The van der Waals surface area contributed by atoms with Crippen LogP contribution in [0.15, 0.2) is 24.5 Å². The smallest absolute Gasteiger partial charge is 0.341 e. The first-order valence-electron chi connectivity index (χ1n) is 9.74. The van der Waals surface area contributed by atoms with Crippen LogP contribution in [0.25, 0.3) is 0 Å². The molecular formula is C21H24N2O5S. The molecule has 29 heavy (non-hydrogen) atoms. The second-order valence-electron chi connectivity index (χ2n) is 6.76. The van der Waals surface area contributed by atoms with Crippen LogP contribution >= 0.6 is 11.3 Å². The molecule has 8 heteroatoms. The van der Waals surface area contributed by atoms with Crippen molar-refractivity contribution in [2.75, 3.05) is 11.9 Å². The van der Waals surface area contributed by atoms with Gasteiger partial charge in [0.25, 0.3) is 5.91 Å². The molecule has 0 radical (unpaired) electrons. The van der Waals surface area contributed by atoms with Gasteiger partial charge < -0.3 is 14.8 Å². The first-order valence-corrected chi connectivity index (χ1v) is 10.6. The van der Waals surface area contributed by atoms with Gasteiger partial charge in [0.1, 0.15) is 5.00 Å². The Labute approximate surface area is 173 Å². The number of carbonyl (C=O) groups is 3. The molecule has 1 N–H and O–H groups in total. The lowest BCUT2D eigenvalue weighted by molar-refractivity contribution is -0.123. The van der Waals surface area contributed by atoms with Crippen LogP contribution < -0.4 is 5.32 Å². The molecule has 1 aliphatic carbocycles. The molecule has 0 spiro atoms. The summed E-state index contributed by atoms with van der Waals surface area (Å²) in [7, 11) is 0. The van der Waals surface area contributed by atoms with Crippen LogP contribution in [0.2, 0.25) is 0 Å². The molecule has 1 atom stereocenters. The molecule has 1 unspecified atom stereocenters. The summed E-state index contributed by atoms with van der Waals surface area (Å²) in [5.74, 6) is -1.53. The summed E-state index contributed by atoms with van der Waals surface area (Å²) in [6.45, 7) is 3.51. The second kappa shape index (κ2) is 9.65. The van der Waals surface area contributed by atoms with Crippen molar-refractivity contribution in [2.45, 2.75) is 52.1 Å². The van der Waals surface area contributed by atoms with E-state index in [0.717, 1.165) is 42.5 Å². The summed E-state index contributed by atoms with van der Waals surface area (Å²) in [4.78, 5) is 42.3. The Morgan fingerprint density at radius 1 is 1.14 bits per heavy atom. The van der Waals surface area contributed by atoms with Crippen molar-refractivity contribution in [1.82, 2.24) is 4.98 Å². The molecule has 7 nitrogen and oxygen atoms in total. The van der Waals surface area contributed by atoms with Gasteiger partial charge in [-0.3, -0.25) is 9.78 Å². The standard InChI is InChI=1S/C21H24N2O5S/c1-3-27-21(26)17-15-7-5-4-6-8-16(15)29-19(17)23-18(24)13(2)28-20(25)14-9-11-22-12-10-14/h9-13H,3-8H2,1-2H3,(H,23,24). The number of hydrogen-bond donors (Lipinski definition) is 1. The fraction of sp³-hybridized carbons (Fsp3) is 0.429. The number of fused-ring (bicyclic) bond motifs is 1. The summed E-state index contributed by atoms with van der Waals surface area (Å²) in [6.07, 6.45) is 6.79. The summed E-state index contributed by atoms with van der Waals surface area (Å²) >= 11 is 1.41. The zero-order chi connectivity index (χ0) is 20.8. The maximum absolute atomic E-state index is 12.6. The van der Waals surface area contributed by atoms with Gasteiger partial charge >= 0.3 is 11.9 Å². The number of ether oxygens (including phenoxy) is 2. The highest BCUT2D eigenvalue weighted by molar-refractivity contribution is 7.17. The van der Waals surface area contributed by atoms with Crippen molar-refractivity contribution in [3.63, 3.8) is 0 Å². The fourth-order valence-electron chi connectivity index (χ4n) is 3.23. The molecule has 0 bridgehead atoms. The van der Waals surface area contributed by atoms with Gasteiger partial charge in [-0.05, 0) is 57.2 Å². The van der Waals surface area contributed by atoms with Crippen molar-refractivity contribution in [2.24, 2.45) is 0 Å². The molecule has 2 heterocycles. The largest absolute Gasteiger partial charge is 0.462 e. The van der Waals surface area contributed by atoms with Crippen LogP contribution in [0, 0.1) is 0 Å². The van der Waals surface area contributed by atoms with E-state index < -0.39 is 23.9 Å². The number of nitrogens with zero attached hydrogens (tertiary/aromatic N) is 1. The number of anilines is 1. The van der Waals surface area contributed by atoms with E-state index in [-0.39, 0.29) is 6.61 Å². The quantitative estimate of drug-likeness (QED) is 0.569. The number of thiophene rings is 1. The third-order valence-electron chi connectivity index (χ3n) is 4.71. The van der Waals surface area contributed by atoms with Crippen molar-refractivity contribution in [3.05, 3.63) is 46.1 Å². The average Bonchev–Trinajstić information content (AvgIpc) is 2.89. The lowest BCUT2D eigenvalue weighted by Gasteiger charge is -2.14. The Kier molecular flexibility index (Phi) is 6.98. The molecular weight excluding hydrogens is 392 g/mol. The molecule has 0 aliphatic heterocycles. The second-order valence-corrected chi connectivity index (χ2v) is 7.87. The molecule has 0 fully saturated rings. The van der Waals surface area contributed by atoms with Crippen molar-refractivity contribution in [3.8, 4) is 0 Å². The summed E-state index contributed by atoms with van der Waals surface area (Å²) in [5.41, 5.74) is 1.73. The SMILES string of the molecule is CCOC(=O)c1c(NC(=O)C(C)OC(=O)c2ccncc2)sc2c1CCCCC2. The van der Waals surface area contributed by atoms with Crippen molar-refractivity contribution in [1.29, 1.82) is 0 Å². The van der Waals surface area contributed by atoms with Crippen LogP contribution in [-0.2, 0) is 27.1 Å². The first-order chi connectivity index (χ1) is 14.0. The Hall–Kier alpha value is -2.74. The van der Waals surface area contributed by atoms with E-state index in [0.29, 0.717) is 16.1 Å². The highest BCUT2D eigenvalue weighted by Crippen LogP contribution is 2.38. The number of hydrogen-bond acceptors (Lipinski definition) is 7. The first kappa shape index (κ1) is 21.0. The molecule has 0 saturated heterocycles. The van der Waals surface area contributed by atoms with Gasteiger partial charge in [-0.25, -0.2) is 9.59 Å². The van der Waals surface area contributed by atoms with Crippen LogP contribution in [-0.4, -0.2) is 35.5 Å². The monoisotopic (exact) mass is 416 g/mol. The Morgan fingerprint density at radius 2 is 1.86 bits per heavy atom. The molecule has 2 aromatic heterocycles. The molecule has 3 rings (SSSR count). The van der Waals surface area contributed by atoms with Crippen molar-refractivity contribution >= 4 is 34.2 Å². The van der Waals surface area contributed by atoms with Crippen molar-refractivity contribution < 1.29 is 23.9 Å². The fourth-order valence-corrected chi connectivity index (χ4v) is 4.51. The molecule has 0 aromatic carbocycles. The lowest BCUT2D eigenvalue weighted by Crippen LogP contribution is -2.30. The topological polar surface area (TPSA) is 94.6 Å². The minimum atomic E-state index is -1.02. The van der Waals surface area contributed by atoms with Crippen LogP contribution in [0.5, 0.6) is 0 Å². The van der Waals surface area contributed by atoms with Gasteiger partial charge in [0.05, 0.1) is 17.7 Å². The minimum absolute atomic E-state index is 0.261. The molecule has 0 saturated carbocycles. The average molecular weight is 416 g/mol. The zero-order valence-electron chi connectivity index (χ0n) is 16.5. The van der Waals surface area contributed by atoms with Gasteiger partial charge in [0, 0.05) is 17.3 Å². The van der Waals surface area contributed by atoms with Gasteiger partial charge in [-0.15, -0.1) is 11.3 Å². The molecule has 1 amide bonds. The number of esters is 2.